The molecule has 2 aromatic rings. The molecule has 100 valence electrons. The fourth-order valence-corrected chi connectivity index (χ4v) is 1.95. The Morgan fingerprint density at radius 2 is 2.21 bits per heavy atom. The fourth-order valence-electron chi connectivity index (χ4n) is 1.70. The lowest BCUT2D eigenvalue weighted by molar-refractivity contribution is 0.0692. The van der Waals surface area contributed by atoms with Gasteiger partial charge in [0.15, 0.2) is 5.76 Å². The zero-order chi connectivity index (χ0) is 13.8. The van der Waals surface area contributed by atoms with Crippen LogP contribution in [0.3, 0.4) is 0 Å². The van der Waals surface area contributed by atoms with E-state index >= 15 is 0 Å². The van der Waals surface area contributed by atoms with Crippen molar-refractivity contribution in [1.29, 1.82) is 0 Å². The number of furan rings is 1. The third kappa shape index (κ3) is 3.09. The summed E-state index contributed by atoms with van der Waals surface area (Å²) in [7, 11) is 0. The highest BCUT2D eigenvalue weighted by Crippen LogP contribution is 2.23. The Balaban J connectivity index is 2.10. The van der Waals surface area contributed by atoms with Crippen LogP contribution >= 0.6 is 11.6 Å². The van der Waals surface area contributed by atoms with Crippen LogP contribution in [0.5, 0.6) is 5.75 Å². The maximum atomic E-state index is 10.9. The van der Waals surface area contributed by atoms with Crippen molar-refractivity contribution in [2.75, 3.05) is 0 Å². The van der Waals surface area contributed by atoms with E-state index in [-0.39, 0.29) is 12.2 Å². The smallest absolute Gasteiger partial charge is 0.339 e. The van der Waals surface area contributed by atoms with Gasteiger partial charge >= 0.3 is 5.97 Å². The standard InChI is InChI=1S/C14H13ClO4/c1-2-9-7-10(3-4-12(9)15)19-8-13-11(14(16)17)5-6-18-13/h3-7H,2,8H2,1H3,(H,16,17). The number of hydrogen-bond donors (Lipinski definition) is 1. The molecule has 0 radical (unpaired) electrons. The third-order valence-corrected chi connectivity index (χ3v) is 3.11. The van der Waals surface area contributed by atoms with Gasteiger partial charge in [0.05, 0.1) is 6.26 Å². The zero-order valence-electron chi connectivity index (χ0n) is 10.4. The van der Waals surface area contributed by atoms with Gasteiger partial charge in [-0.1, -0.05) is 18.5 Å². The number of ether oxygens (including phenoxy) is 1. The number of carboxylic acid groups (broad SMARTS) is 1. The number of benzene rings is 1. The number of aryl methyl sites for hydroxylation is 1. The maximum absolute atomic E-state index is 10.9. The van der Waals surface area contributed by atoms with Crippen molar-refractivity contribution in [2.24, 2.45) is 0 Å². The molecule has 1 aromatic heterocycles. The second kappa shape index (κ2) is 5.80. The molecule has 0 unspecified atom stereocenters. The number of carboxylic acids is 1. The van der Waals surface area contributed by atoms with Crippen LogP contribution < -0.4 is 4.74 Å². The van der Waals surface area contributed by atoms with E-state index in [0.29, 0.717) is 16.5 Å². The molecule has 19 heavy (non-hydrogen) atoms. The molecule has 1 heterocycles. The van der Waals surface area contributed by atoms with Crippen molar-refractivity contribution in [1.82, 2.24) is 0 Å². The van der Waals surface area contributed by atoms with Crippen LogP contribution in [0.25, 0.3) is 0 Å². The van der Waals surface area contributed by atoms with E-state index in [1.165, 1.54) is 12.3 Å². The summed E-state index contributed by atoms with van der Waals surface area (Å²) in [5.41, 5.74) is 1.10. The minimum Gasteiger partial charge on any atom is -0.486 e. The number of rotatable bonds is 5. The van der Waals surface area contributed by atoms with Crippen LogP contribution in [0.4, 0.5) is 0 Å². The molecule has 0 bridgehead atoms. The van der Waals surface area contributed by atoms with Crippen LogP contribution in [0.2, 0.25) is 5.02 Å². The molecule has 0 atom stereocenters. The van der Waals surface area contributed by atoms with Crippen LogP contribution in [-0.2, 0) is 13.0 Å². The summed E-state index contributed by atoms with van der Waals surface area (Å²) in [6, 6.07) is 6.74. The second-order valence-corrected chi connectivity index (χ2v) is 4.37. The van der Waals surface area contributed by atoms with E-state index in [0.717, 1.165) is 12.0 Å². The van der Waals surface area contributed by atoms with E-state index < -0.39 is 5.97 Å². The van der Waals surface area contributed by atoms with E-state index in [2.05, 4.69) is 0 Å². The first-order valence-electron chi connectivity index (χ1n) is 5.82. The largest absolute Gasteiger partial charge is 0.486 e. The van der Waals surface area contributed by atoms with Gasteiger partial charge in [-0.15, -0.1) is 0 Å². The predicted octanol–water partition coefficient (Wildman–Crippen LogP) is 3.77. The van der Waals surface area contributed by atoms with E-state index in [4.69, 9.17) is 25.9 Å². The molecule has 0 aliphatic carbocycles. The molecule has 0 spiro atoms. The fraction of sp³-hybridized carbons (Fsp3) is 0.214. The number of carbonyl (C=O) groups is 1. The summed E-state index contributed by atoms with van der Waals surface area (Å²) in [5.74, 6) is -0.104. The Hall–Kier alpha value is -1.94. The van der Waals surface area contributed by atoms with Crippen molar-refractivity contribution < 1.29 is 19.1 Å². The Bertz CT molecular complexity index is 589. The van der Waals surface area contributed by atoms with Crippen LogP contribution in [0.15, 0.2) is 34.9 Å². The topological polar surface area (TPSA) is 59.7 Å². The molecule has 5 heteroatoms. The number of aromatic carboxylic acids is 1. The normalized spacial score (nSPS) is 10.4. The van der Waals surface area contributed by atoms with Crippen molar-refractivity contribution in [3.63, 3.8) is 0 Å². The first-order chi connectivity index (χ1) is 9.11. The van der Waals surface area contributed by atoms with Gasteiger partial charge in [0.2, 0.25) is 0 Å². The zero-order valence-corrected chi connectivity index (χ0v) is 11.1. The quantitative estimate of drug-likeness (QED) is 0.905. The summed E-state index contributed by atoms with van der Waals surface area (Å²) >= 11 is 6.01. The van der Waals surface area contributed by atoms with Gasteiger partial charge in [-0.05, 0) is 36.2 Å². The number of hydrogen-bond acceptors (Lipinski definition) is 3. The SMILES string of the molecule is CCc1cc(OCc2occc2C(=O)O)ccc1Cl. The van der Waals surface area contributed by atoms with Crippen molar-refractivity contribution in [3.05, 3.63) is 52.4 Å². The highest BCUT2D eigenvalue weighted by Gasteiger charge is 2.13. The predicted molar refractivity (Wildman–Crippen MR) is 70.8 cm³/mol. The molecule has 1 N–H and O–H groups in total. The van der Waals surface area contributed by atoms with E-state index in [9.17, 15) is 4.79 Å². The van der Waals surface area contributed by atoms with Gasteiger partial charge in [0.25, 0.3) is 0 Å². The van der Waals surface area contributed by atoms with Crippen molar-refractivity contribution >= 4 is 17.6 Å². The minimum atomic E-state index is -1.03. The first-order valence-corrected chi connectivity index (χ1v) is 6.20. The molecule has 1 aromatic carbocycles. The molecular formula is C14H13ClO4. The average molecular weight is 281 g/mol. The van der Waals surface area contributed by atoms with Gasteiger partial charge in [0, 0.05) is 5.02 Å². The van der Waals surface area contributed by atoms with Crippen molar-refractivity contribution in [3.8, 4) is 5.75 Å². The minimum absolute atomic E-state index is 0.0689. The average Bonchev–Trinajstić information content (AvgIpc) is 2.86. The maximum Gasteiger partial charge on any atom is 0.339 e. The lowest BCUT2D eigenvalue weighted by atomic mass is 10.1. The molecular weight excluding hydrogens is 268 g/mol. The highest BCUT2D eigenvalue weighted by molar-refractivity contribution is 6.31. The van der Waals surface area contributed by atoms with Gasteiger partial charge in [-0.3, -0.25) is 0 Å². The monoisotopic (exact) mass is 280 g/mol. The summed E-state index contributed by atoms with van der Waals surface area (Å²) in [5, 5.41) is 9.63. The number of halogens is 1. The molecule has 0 aliphatic heterocycles. The Kier molecular flexibility index (Phi) is 4.12. The van der Waals surface area contributed by atoms with E-state index in [1.807, 2.05) is 13.0 Å². The Morgan fingerprint density at radius 3 is 2.89 bits per heavy atom. The summed E-state index contributed by atoms with van der Waals surface area (Å²) in [4.78, 5) is 10.9. The Morgan fingerprint density at radius 1 is 1.42 bits per heavy atom. The summed E-state index contributed by atoms with van der Waals surface area (Å²) < 4.78 is 10.6. The lowest BCUT2D eigenvalue weighted by Crippen LogP contribution is -2.02. The highest BCUT2D eigenvalue weighted by atomic mass is 35.5. The third-order valence-electron chi connectivity index (χ3n) is 2.74. The van der Waals surface area contributed by atoms with Crippen molar-refractivity contribution in [2.45, 2.75) is 20.0 Å². The van der Waals surface area contributed by atoms with Crippen LogP contribution in [0.1, 0.15) is 28.6 Å². The molecule has 0 aliphatic rings. The van der Waals surface area contributed by atoms with Gasteiger partial charge in [0.1, 0.15) is 17.9 Å². The Labute approximate surface area is 115 Å². The van der Waals surface area contributed by atoms with Gasteiger partial charge in [-0.2, -0.15) is 0 Å². The molecule has 2 rings (SSSR count). The van der Waals surface area contributed by atoms with Gasteiger partial charge < -0.3 is 14.3 Å². The summed E-state index contributed by atoms with van der Waals surface area (Å²) in [6.07, 6.45) is 2.14. The molecule has 0 saturated carbocycles. The second-order valence-electron chi connectivity index (χ2n) is 3.96. The molecule has 0 amide bonds. The lowest BCUT2D eigenvalue weighted by Gasteiger charge is -2.08. The molecule has 0 saturated heterocycles. The van der Waals surface area contributed by atoms with Crippen LogP contribution in [0, 0.1) is 0 Å². The van der Waals surface area contributed by atoms with Crippen LogP contribution in [-0.4, -0.2) is 11.1 Å². The first kappa shape index (κ1) is 13.5. The molecule has 0 fully saturated rings. The van der Waals surface area contributed by atoms with E-state index in [1.54, 1.807) is 12.1 Å². The molecule has 4 nitrogen and oxygen atoms in total. The van der Waals surface area contributed by atoms with Gasteiger partial charge in [-0.25, -0.2) is 4.79 Å². The summed E-state index contributed by atoms with van der Waals surface area (Å²) in [6.45, 7) is 2.07.